The van der Waals surface area contributed by atoms with Crippen LogP contribution in [0.3, 0.4) is 0 Å². The highest BCUT2D eigenvalue weighted by atomic mass is 79.9. The number of imidazole rings is 1. The third-order valence-corrected chi connectivity index (χ3v) is 2.91. The van der Waals surface area contributed by atoms with Crippen LogP contribution < -0.4 is 5.32 Å². The Labute approximate surface area is 111 Å². The lowest BCUT2D eigenvalue weighted by molar-refractivity contribution is -0.384. The third-order valence-electron chi connectivity index (χ3n) is 2.31. The molecule has 0 radical (unpaired) electrons. The minimum Gasteiger partial charge on any atom is -0.377 e. The maximum absolute atomic E-state index is 10.9. The number of nitrogens with zero attached hydrogens (tertiary/aromatic N) is 4. The first-order valence-corrected chi connectivity index (χ1v) is 5.95. The Kier molecular flexibility index (Phi) is 3.88. The number of hydrogen-bond donors (Lipinski definition) is 1. The van der Waals surface area contributed by atoms with Gasteiger partial charge in [0.25, 0.3) is 0 Å². The number of anilines is 1. The second-order valence-electron chi connectivity index (χ2n) is 3.50. The zero-order valence-electron chi connectivity index (χ0n) is 9.28. The monoisotopic (exact) mass is 311 g/mol. The Hall–Kier alpha value is -1.96. The smallest absolute Gasteiger partial charge is 0.311 e. The van der Waals surface area contributed by atoms with Crippen LogP contribution in [0, 0.1) is 10.1 Å². The van der Waals surface area contributed by atoms with Crippen LogP contribution in [0.2, 0.25) is 0 Å². The molecule has 2 rings (SSSR count). The van der Waals surface area contributed by atoms with Gasteiger partial charge in [0.1, 0.15) is 11.9 Å². The molecule has 0 atom stereocenters. The molecule has 18 heavy (non-hydrogen) atoms. The highest BCUT2D eigenvalue weighted by Crippen LogP contribution is 2.30. The van der Waals surface area contributed by atoms with Crippen LogP contribution in [0.15, 0.2) is 35.6 Å². The lowest BCUT2D eigenvalue weighted by Gasteiger charge is -2.08. The molecular weight excluding hydrogens is 302 g/mol. The van der Waals surface area contributed by atoms with Crippen LogP contribution in [-0.4, -0.2) is 26.0 Å². The molecule has 0 aliphatic carbocycles. The van der Waals surface area contributed by atoms with Gasteiger partial charge in [-0.15, -0.1) is 0 Å². The van der Waals surface area contributed by atoms with Crippen LogP contribution in [-0.2, 0) is 6.54 Å². The van der Waals surface area contributed by atoms with Gasteiger partial charge >= 0.3 is 5.69 Å². The van der Waals surface area contributed by atoms with Crippen molar-refractivity contribution in [3.63, 3.8) is 0 Å². The fourth-order valence-corrected chi connectivity index (χ4v) is 1.93. The molecule has 0 saturated carbocycles. The Balaban J connectivity index is 2.06. The molecule has 0 spiro atoms. The first-order valence-electron chi connectivity index (χ1n) is 5.16. The van der Waals surface area contributed by atoms with Crippen LogP contribution in [0.25, 0.3) is 0 Å². The third kappa shape index (κ3) is 2.83. The Morgan fingerprint density at radius 3 is 2.94 bits per heavy atom. The SMILES string of the molecule is O=[N+]([O-])c1cncc(Br)c1NCCn1ccnc1. The van der Waals surface area contributed by atoms with Crippen molar-refractivity contribution in [1.82, 2.24) is 14.5 Å². The predicted molar refractivity (Wildman–Crippen MR) is 69.3 cm³/mol. The molecule has 1 N–H and O–H groups in total. The fourth-order valence-electron chi connectivity index (χ4n) is 1.47. The summed E-state index contributed by atoms with van der Waals surface area (Å²) in [6, 6.07) is 0. The molecule has 0 aromatic carbocycles. The second-order valence-corrected chi connectivity index (χ2v) is 4.35. The van der Waals surface area contributed by atoms with E-state index in [0.717, 1.165) is 0 Å². The van der Waals surface area contributed by atoms with Crippen molar-refractivity contribution in [3.05, 3.63) is 45.7 Å². The van der Waals surface area contributed by atoms with Gasteiger partial charge in [-0.05, 0) is 15.9 Å². The molecule has 0 amide bonds. The summed E-state index contributed by atoms with van der Waals surface area (Å²) in [7, 11) is 0. The van der Waals surface area contributed by atoms with Gasteiger partial charge < -0.3 is 9.88 Å². The average Bonchev–Trinajstić information content (AvgIpc) is 2.84. The maximum atomic E-state index is 10.9. The number of halogens is 1. The summed E-state index contributed by atoms with van der Waals surface area (Å²) < 4.78 is 2.45. The van der Waals surface area contributed by atoms with E-state index in [0.29, 0.717) is 23.2 Å². The zero-order valence-corrected chi connectivity index (χ0v) is 10.9. The van der Waals surface area contributed by atoms with Crippen molar-refractivity contribution in [1.29, 1.82) is 0 Å². The minimum absolute atomic E-state index is 0.0463. The second kappa shape index (κ2) is 5.58. The molecule has 0 fully saturated rings. The van der Waals surface area contributed by atoms with Gasteiger partial charge in [-0.25, -0.2) is 4.98 Å². The summed E-state index contributed by atoms with van der Waals surface area (Å²) in [5.41, 5.74) is 0.394. The molecule has 2 heterocycles. The Bertz CT molecular complexity index is 543. The van der Waals surface area contributed by atoms with Crippen molar-refractivity contribution in [2.45, 2.75) is 6.54 Å². The van der Waals surface area contributed by atoms with Gasteiger partial charge in [0.15, 0.2) is 0 Å². The summed E-state index contributed by atoms with van der Waals surface area (Å²) in [6.45, 7) is 1.23. The van der Waals surface area contributed by atoms with Gasteiger partial charge in [-0.1, -0.05) is 0 Å². The van der Waals surface area contributed by atoms with Crippen molar-refractivity contribution in [2.75, 3.05) is 11.9 Å². The van der Waals surface area contributed by atoms with Gasteiger partial charge in [0.2, 0.25) is 0 Å². The molecule has 0 unspecified atom stereocenters. The maximum Gasteiger partial charge on any atom is 0.311 e. The van der Waals surface area contributed by atoms with Crippen molar-refractivity contribution < 1.29 is 4.92 Å². The summed E-state index contributed by atoms with van der Waals surface area (Å²) >= 11 is 3.25. The number of aromatic nitrogens is 3. The van der Waals surface area contributed by atoms with E-state index in [-0.39, 0.29) is 5.69 Å². The molecule has 2 aromatic heterocycles. The molecule has 0 bridgehead atoms. The van der Waals surface area contributed by atoms with Crippen LogP contribution >= 0.6 is 15.9 Å². The van der Waals surface area contributed by atoms with Crippen molar-refractivity contribution >= 4 is 27.3 Å². The topological polar surface area (TPSA) is 85.9 Å². The van der Waals surface area contributed by atoms with Crippen molar-refractivity contribution in [3.8, 4) is 0 Å². The summed E-state index contributed by atoms with van der Waals surface area (Å²) in [5.74, 6) is 0. The normalized spacial score (nSPS) is 10.3. The molecule has 0 saturated heterocycles. The lowest BCUT2D eigenvalue weighted by atomic mass is 10.3. The summed E-state index contributed by atoms with van der Waals surface area (Å²) in [4.78, 5) is 18.1. The van der Waals surface area contributed by atoms with Gasteiger partial charge in [-0.3, -0.25) is 15.1 Å². The number of pyridine rings is 1. The molecule has 8 heteroatoms. The molecular formula is C10H10BrN5O2. The molecule has 0 aliphatic heterocycles. The van der Waals surface area contributed by atoms with E-state index >= 15 is 0 Å². The minimum atomic E-state index is -0.461. The predicted octanol–water partition coefficient (Wildman–Crippen LogP) is 2.06. The summed E-state index contributed by atoms with van der Waals surface area (Å²) in [5, 5.41) is 13.9. The first-order chi connectivity index (χ1) is 8.68. The molecule has 94 valence electrons. The quantitative estimate of drug-likeness (QED) is 0.674. The number of nitrogens with one attached hydrogen (secondary N) is 1. The molecule has 7 nitrogen and oxygen atoms in total. The van der Waals surface area contributed by atoms with E-state index in [4.69, 9.17) is 0 Å². The van der Waals surface area contributed by atoms with Gasteiger partial charge in [0, 0.05) is 31.7 Å². The van der Waals surface area contributed by atoms with Gasteiger partial charge in [-0.2, -0.15) is 0 Å². The Morgan fingerprint density at radius 2 is 2.28 bits per heavy atom. The fraction of sp³-hybridized carbons (Fsp3) is 0.200. The Morgan fingerprint density at radius 1 is 1.44 bits per heavy atom. The van der Waals surface area contributed by atoms with E-state index in [1.54, 1.807) is 12.5 Å². The molecule has 2 aromatic rings. The van der Waals surface area contributed by atoms with Crippen LogP contribution in [0.4, 0.5) is 11.4 Å². The number of rotatable bonds is 5. The van der Waals surface area contributed by atoms with Gasteiger partial charge in [0.05, 0.1) is 15.7 Å². The first kappa shape index (κ1) is 12.5. The van der Waals surface area contributed by atoms with E-state index in [2.05, 4.69) is 31.2 Å². The van der Waals surface area contributed by atoms with Crippen LogP contribution in [0.1, 0.15) is 0 Å². The van der Waals surface area contributed by atoms with E-state index in [1.165, 1.54) is 12.4 Å². The average molecular weight is 312 g/mol. The summed E-state index contributed by atoms with van der Waals surface area (Å²) in [6.07, 6.45) is 7.96. The highest BCUT2D eigenvalue weighted by Gasteiger charge is 2.16. The zero-order chi connectivity index (χ0) is 13.0. The molecule has 0 aliphatic rings. The number of nitro groups is 1. The van der Waals surface area contributed by atoms with Crippen molar-refractivity contribution in [2.24, 2.45) is 0 Å². The lowest BCUT2D eigenvalue weighted by Crippen LogP contribution is -2.11. The van der Waals surface area contributed by atoms with E-state index in [1.807, 2.05) is 10.8 Å². The number of hydrogen-bond acceptors (Lipinski definition) is 5. The largest absolute Gasteiger partial charge is 0.377 e. The standard InChI is InChI=1S/C10H10BrN5O2/c11-8-5-13-6-9(16(17)18)10(8)14-2-4-15-3-1-12-7-15/h1,3,5-7H,2,4H2,(H,13,14). The highest BCUT2D eigenvalue weighted by molar-refractivity contribution is 9.10. The van der Waals surface area contributed by atoms with Crippen LogP contribution in [0.5, 0.6) is 0 Å². The van der Waals surface area contributed by atoms with E-state index in [9.17, 15) is 10.1 Å². The van der Waals surface area contributed by atoms with E-state index < -0.39 is 4.92 Å².